The first kappa shape index (κ1) is 21.3. The normalized spacial score (nSPS) is 14.8. The van der Waals surface area contributed by atoms with Gasteiger partial charge in [0.1, 0.15) is 17.3 Å². The fourth-order valence-corrected chi connectivity index (χ4v) is 4.56. The predicted molar refractivity (Wildman–Crippen MR) is 121 cm³/mol. The summed E-state index contributed by atoms with van der Waals surface area (Å²) in [6.07, 6.45) is 9.94. The Balaban J connectivity index is 1.15. The van der Waals surface area contributed by atoms with E-state index in [0.29, 0.717) is 24.6 Å². The van der Waals surface area contributed by atoms with E-state index < -0.39 is 11.6 Å². The molecule has 0 radical (unpaired) electrons. The summed E-state index contributed by atoms with van der Waals surface area (Å²) in [6, 6.07) is 7.71. The van der Waals surface area contributed by atoms with Crippen LogP contribution in [0.5, 0.6) is 0 Å². The second kappa shape index (κ2) is 9.13. The van der Waals surface area contributed by atoms with Crippen LogP contribution in [0.4, 0.5) is 8.78 Å². The van der Waals surface area contributed by atoms with Crippen molar-refractivity contribution in [1.29, 1.82) is 0 Å². The number of likely N-dealkylation sites (tertiary alicyclic amines) is 1. The minimum atomic E-state index is -0.603. The predicted octanol–water partition coefficient (Wildman–Crippen LogP) is 4.58. The smallest absolute Gasteiger partial charge is 0.222 e. The van der Waals surface area contributed by atoms with Gasteiger partial charge in [0, 0.05) is 67.2 Å². The highest BCUT2D eigenvalue weighted by Crippen LogP contribution is 2.25. The fraction of sp³-hybridized carbons (Fsp3) is 0.320. The molecule has 0 aliphatic carbocycles. The maximum atomic E-state index is 13.8. The minimum absolute atomic E-state index is 0.0250. The van der Waals surface area contributed by atoms with Crippen LogP contribution in [0.1, 0.15) is 24.8 Å². The summed E-state index contributed by atoms with van der Waals surface area (Å²) in [5, 5.41) is 7.92. The lowest BCUT2D eigenvalue weighted by Gasteiger charge is -2.32. The van der Waals surface area contributed by atoms with Crippen molar-refractivity contribution in [3.8, 4) is 11.1 Å². The summed E-state index contributed by atoms with van der Waals surface area (Å²) >= 11 is 0. The number of aromatic amines is 1. The third-order valence-corrected chi connectivity index (χ3v) is 6.48. The quantitative estimate of drug-likeness (QED) is 0.469. The van der Waals surface area contributed by atoms with Crippen molar-refractivity contribution in [1.82, 2.24) is 24.6 Å². The molecule has 0 spiro atoms. The molecule has 0 unspecified atom stereocenters. The van der Waals surface area contributed by atoms with Crippen molar-refractivity contribution in [3.63, 3.8) is 0 Å². The monoisotopic (exact) mass is 449 g/mol. The van der Waals surface area contributed by atoms with Gasteiger partial charge in [0.15, 0.2) is 0 Å². The van der Waals surface area contributed by atoms with Gasteiger partial charge >= 0.3 is 0 Å². The van der Waals surface area contributed by atoms with Crippen molar-refractivity contribution in [3.05, 3.63) is 72.3 Å². The van der Waals surface area contributed by atoms with E-state index in [4.69, 9.17) is 0 Å². The van der Waals surface area contributed by atoms with Crippen LogP contribution in [-0.2, 0) is 17.8 Å². The van der Waals surface area contributed by atoms with E-state index in [2.05, 4.69) is 38.1 Å². The van der Waals surface area contributed by atoms with Gasteiger partial charge in [-0.2, -0.15) is 5.10 Å². The lowest BCUT2D eigenvalue weighted by atomic mass is 9.96. The molecule has 4 aromatic rings. The number of rotatable bonds is 6. The molecule has 8 heteroatoms. The molecule has 33 heavy (non-hydrogen) atoms. The number of piperidine rings is 1. The first-order valence-electron chi connectivity index (χ1n) is 11.2. The Labute approximate surface area is 190 Å². The molecule has 0 atom stereocenters. The third-order valence-electron chi connectivity index (χ3n) is 6.48. The van der Waals surface area contributed by atoms with Gasteiger partial charge < -0.3 is 9.47 Å². The molecule has 5 rings (SSSR count). The topological polar surface area (TPSA) is 66.8 Å². The summed E-state index contributed by atoms with van der Waals surface area (Å²) in [5.74, 6) is -0.703. The van der Waals surface area contributed by atoms with Gasteiger partial charge in [-0.25, -0.2) is 13.8 Å². The van der Waals surface area contributed by atoms with Crippen LogP contribution in [0.3, 0.4) is 0 Å². The van der Waals surface area contributed by atoms with E-state index in [1.807, 2.05) is 17.3 Å². The van der Waals surface area contributed by atoms with Crippen molar-refractivity contribution >= 4 is 16.9 Å². The van der Waals surface area contributed by atoms with Gasteiger partial charge in [0.05, 0.1) is 6.20 Å². The highest BCUT2D eigenvalue weighted by molar-refractivity contribution is 5.81. The van der Waals surface area contributed by atoms with Gasteiger partial charge in [-0.1, -0.05) is 6.07 Å². The molecule has 1 aliphatic heterocycles. The zero-order valence-corrected chi connectivity index (χ0v) is 18.2. The van der Waals surface area contributed by atoms with Crippen molar-refractivity contribution in [2.45, 2.75) is 32.2 Å². The van der Waals surface area contributed by atoms with E-state index in [1.165, 1.54) is 12.1 Å². The molecule has 1 saturated heterocycles. The van der Waals surface area contributed by atoms with Crippen LogP contribution in [0.25, 0.3) is 22.2 Å². The van der Waals surface area contributed by atoms with E-state index in [-0.39, 0.29) is 18.7 Å². The molecule has 1 amide bonds. The largest absolute Gasteiger partial charge is 0.343 e. The average Bonchev–Trinajstić information content (AvgIpc) is 3.49. The summed E-state index contributed by atoms with van der Waals surface area (Å²) in [6.45, 7) is 2.27. The van der Waals surface area contributed by atoms with E-state index in [9.17, 15) is 13.6 Å². The molecule has 1 aromatic carbocycles. The first-order chi connectivity index (χ1) is 16.1. The summed E-state index contributed by atoms with van der Waals surface area (Å²) in [7, 11) is 0. The van der Waals surface area contributed by atoms with Gasteiger partial charge in [-0.05, 0) is 48.9 Å². The molecule has 0 bridgehead atoms. The number of H-pyrrole nitrogens is 1. The Morgan fingerprint density at radius 2 is 1.94 bits per heavy atom. The number of nitrogens with one attached hydrogen (secondary N) is 1. The number of fused-ring (bicyclic) bond motifs is 1. The average molecular weight is 450 g/mol. The number of carbonyl (C=O) groups excluding carboxylic acids is 1. The second-order valence-electron chi connectivity index (χ2n) is 8.65. The van der Waals surface area contributed by atoms with Crippen molar-refractivity contribution in [2.24, 2.45) is 5.92 Å². The molecule has 1 aliphatic rings. The number of benzene rings is 1. The van der Waals surface area contributed by atoms with Crippen LogP contribution in [0.15, 0.2) is 55.1 Å². The molecule has 1 fully saturated rings. The van der Waals surface area contributed by atoms with E-state index in [0.717, 1.165) is 47.6 Å². The van der Waals surface area contributed by atoms with Crippen LogP contribution >= 0.6 is 0 Å². The Bertz CT molecular complexity index is 1260. The van der Waals surface area contributed by atoms with Crippen molar-refractivity contribution in [2.75, 3.05) is 13.1 Å². The molecule has 6 nitrogen and oxygen atoms in total. The lowest BCUT2D eigenvalue weighted by molar-refractivity contribution is -0.132. The maximum Gasteiger partial charge on any atom is 0.222 e. The standard InChI is InChI=1S/C25H25F2N5O/c26-22-3-1-18(23(27)12-22)2-4-24(33)31-8-5-17(6-9-31)16-32-10-7-19-11-20(13-28-25(19)32)21-14-29-30-15-21/h1,3,7,10-15,17H,2,4-6,8-9,16H2,(H,29,30). The number of carbonyl (C=O) groups is 1. The molecule has 170 valence electrons. The minimum Gasteiger partial charge on any atom is -0.343 e. The number of hydrogen-bond acceptors (Lipinski definition) is 3. The van der Waals surface area contributed by atoms with Gasteiger partial charge in [-0.15, -0.1) is 0 Å². The van der Waals surface area contributed by atoms with Crippen molar-refractivity contribution < 1.29 is 13.6 Å². The Morgan fingerprint density at radius 1 is 1.09 bits per heavy atom. The second-order valence-corrected chi connectivity index (χ2v) is 8.65. The van der Waals surface area contributed by atoms with Crippen LogP contribution in [0, 0.1) is 17.6 Å². The first-order valence-corrected chi connectivity index (χ1v) is 11.2. The van der Waals surface area contributed by atoms with Crippen LogP contribution in [-0.4, -0.2) is 43.6 Å². The van der Waals surface area contributed by atoms with E-state index in [1.54, 1.807) is 6.20 Å². The maximum absolute atomic E-state index is 13.8. The number of halogens is 2. The number of hydrogen-bond donors (Lipinski definition) is 1. The number of amides is 1. The van der Waals surface area contributed by atoms with E-state index >= 15 is 0 Å². The van der Waals surface area contributed by atoms with Gasteiger partial charge in [-0.3, -0.25) is 9.89 Å². The van der Waals surface area contributed by atoms with Crippen LogP contribution < -0.4 is 0 Å². The Kier molecular flexibility index (Phi) is 5.90. The van der Waals surface area contributed by atoms with Crippen LogP contribution in [0.2, 0.25) is 0 Å². The molecular formula is C25H25F2N5O. The summed E-state index contributed by atoms with van der Waals surface area (Å²) < 4.78 is 29.0. The molecule has 0 saturated carbocycles. The summed E-state index contributed by atoms with van der Waals surface area (Å²) in [5.41, 5.74) is 3.38. The molecular weight excluding hydrogens is 424 g/mol. The molecule has 3 aromatic heterocycles. The zero-order valence-electron chi connectivity index (χ0n) is 18.2. The third kappa shape index (κ3) is 4.65. The highest BCUT2D eigenvalue weighted by Gasteiger charge is 2.23. The number of nitrogens with zero attached hydrogens (tertiary/aromatic N) is 4. The number of aromatic nitrogens is 4. The summed E-state index contributed by atoms with van der Waals surface area (Å²) in [4.78, 5) is 19.1. The number of pyridine rings is 1. The number of aryl methyl sites for hydroxylation is 1. The Morgan fingerprint density at radius 3 is 2.70 bits per heavy atom. The molecule has 4 heterocycles. The van der Waals surface area contributed by atoms with Gasteiger partial charge in [0.2, 0.25) is 5.91 Å². The Hall–Kier alpha value is -3.55. The SMILES string of the molecule is O=C(CCc1ccc(F)cc1F)N1CCC(Cn2ccc3cc(-c4cn[nH]c4)cnc32)CC1. The highest BCUT2D eigenvalue weighted by atomic mass is 19.1. The van der Waals surface area contributed by atoms with Gasteiger partial charge in [0.25, 0.3) is 0 Å². The molecule has 1 N–H and O–H groups in total. The lowest BCUT2D eigenvalue weighted by Crippen LogP contribution is -2.39. The fourth-order valence-electron chi connectivity index (χ4n) is 4.56. The zero-order chi connectivity index (χ0) is 22.8.